The SMILES string of the molecule is Cc1ccc2c(c1)C1(SCCN1C(=O)Nc1ccc(Cl)cc1)C(=O)N2Cc1ccc(F)cc1. The van der Waals surface area contributed by atoms with E-state index in [1.165, 1.54) is 23.9 Å². The molecule has 0 radical (unpaired) electrons. The third-order valence-electron chi connectivity index (χ3n) is 5.94. The Bertz CT molecular complexity index is 1240. The fourth-order valence-electron chi connectivity index (χ4n) is 4.38. The molecular formula is C25H21ClFN3O2S. The second-order valence-corrected chi connectivity index (χ2v) is 9.84. The molecule has 2 heterocycles. The lowest BCUT2D eigenvalue weighted by atomic mass is 10.0. The van der Waals surface area contributed by atoms with Gasteiger partial charge in [0.15, 0.2) is 4.87 Å². The van der Waals surface area contributed by atoms with Gasteiger partial charge in [-0.1, -0.05) is 41.4 Å². The summed E-state index contributed by atoms with van der Waals surface area (Å²) in [5, 5.41) is 3.48. The number of amides is 3. The van der Waals surface area contributed by atoms with Gasteiger partial charge < -0.3 is 10.2 Å². The molecule has 2 aliphatic heterocycles. The number of benzene rings is 3. The van der Waals surface area contributed by atoms with Gasteiger partial charge in [-0.3, -0.25) is 9.69 Å². The molecule has 0 saturated carbocycles. The van der Waals surface area contributed by atoms with Gasteiger partial charge in [-0.15, -0.1) is 11.8 Å². The van der Waals surface area contributed by atoms with E-state index in [1.54, 1.807) is 46.2 Å². The molecule has 0 aromatic heterocycles. The third-order valence-corrected chi connectivity index (χ3v) is 7.61. The molecule has 5 nitrogen and oxygen atoms in total. The molecule has 1 atom stereocenters. The van der Waals surface area contributed by atoms with Crippen LogP contribution in [0.2, 0.25) is 5.02 Å². The minimum Gasteiger partial charge on any atom is -0.308 e. The summed E-state index contributed by atoms with van der Waals surface area (Å²) in [7, 11) is 0. The normalized spacial score (nSPS) is 19.3. The van der Waals surface area contributed by atoms with Crippen molar-refractivity contribution in [1.82, 2.24) is 4.90 Å². The van der Waals surface area contributed by atoms with Crippen molar-refractivity contribution >= 4 is 46.7 Å². The lowest BCUT2D eigenvalue weighted by molar-refractivity contribution is -0.123. The molecule has 1 saturated heterocycles. The molecule has 0 aliphatic carbocycles. The van der Waals surface area contributed by atoms with E-state index >= 15 is 0 Å². The van der Waals surface area contributed by atoms with Gasteiger partial charge in [0, 0.05) is 28.6 Å². The second kappa shape index (κ2) is 8.39. The van der Waals surface area contributed by atoms with Crippen LogP contribution in [0.5, 0.6) is 0 Å². The van der Waals surface area contributed by atoms with Gasteiger partial charge in [0.05, 0.1) is 12.2 Å². The first-order chi connectivity index (χ1) is 15.9. The quantitative estimate of drug-likeness (QED) is 0.517. The predicted molar refractivity (Wildman–Crippen MR) is 130 cm³/mol. The number of thioether (sulfide) groups is 1. The lowest BCUT2D eigenvalue weighted by Gasteiger charge is -2.33. The standard InChI is InChI=1S/C25H21ClFN3O2S/c1-16-2-11-22-21(14-16)25(23(31)29(22)15-17-3-7-19(27)8-4-17)30(12-13-33-25)24(32)28-20-9-5-18(26)6-10-20/h2-11,14H,12-13,15H2,1H3,(H,28,32). The maximum atomic E-state index is 14.0. The van der Waals surface area contributed by atoms with E-state index in [-0.39, 0.29) is 17.8 Å². The Kier molecular flexibility index (Phi) is 5.54. The van der Waals surface area contributed by atoms with Crippen molar-refractivity contribution in [3.8, 4) is 0 Å². The van der Waals surface area contributed by atoms with Gasteiger partial charge in [0.2, 0.25) is 0 Å². The van der Waals surface area contributed by atoms with E-state index in [2.05, 4.69) is 5.32 Å². The molecule has 168 valence electrons. The molecule has 1 unspecified atom stereocenters. The topological polar surface area (TPSA) is 52.7 Å². The monoisotopic (exact) mass is 481 g/mol. The number of anilines is 2. The zero-order valence-electron chi connectivity index (χ0n) is 17.8. The minimum atomic E-state index is -1.14. The van der Waals surface area contributed by atoms with Gasteiger partial charge in [0.25, 0.3) is 5.91 Å². The smallest absolute Gasteiger partial charge is 0.308 e. The molecule has 1 N–H and O–H groups in total. The fourth-order valence-corrected chi connectivity index (χ4v) is 5.96. The van der Waals surface area contributed by atoms with Gasteiger partial charge in [-0.05, 0) is 55.0 Å². The summed E-state index contributed by atoms with van der Waals surface area (Å²) in [6.45, 7) is 2.70. The van der Waals surface area contributed by atoms with Gasteiger partial charge >= 0.3 is 6.03 Å². The number of halogens is 2. The summed E-state index contributed by atoms with van der Waals surface area (Å²) >= 11 is 7.43. The highest BCUT2D eigenvalue weighted by Gasteiger charge is 2.59. The molecule has 8 heteroatoms. The van der Waals surface area contributed by atoms with Crippen LogP contribution in [0.1, 0.15) is 16.7 Å². The summed E-state index contributed by atoms with van der Waals surface area (Å²) in [6.07, 6.45) is 0. The number of rotatable bonds is 3. The van der Waals surface area contributed by atoms with Crippen molar-refractivity contribution in [2.75, 3.05) is 22.5 Å². The van der Waals surface area contributed by atoms with Crippen molar-refractivity contribution in [1.29, 1.82) is 0 Å². The van der Waals surface area contributed by atoms with Crippen LogP contribution in [0.25, 0.3) is 0 Å². The van der Waals surface area contributed by atoms with E-state index in [4.69, 9.17) is 11.6 Å². The van der Waals surface area contributed by atoms with Crippen LogP contribution in [0, 0.1) is 12.7 Å². The summed E-state index contributed by atoms with van der Waals surface area (Å²) < 4.78 is 13.4. The zero-order valence-corrected chi connectivity index (χ0v) is 19.4. The average Bonchev–Trinajstić information content (AvgIpc) is 3.34. The van der Waals surface area contributed by atoms with Crippen LogP contribution in [0.3, 0.4) is 0 Å². The van der Waals surface area contributed by atoms with E-state index in [0.29, 0.717) is 29.6 Å². The number of carbonyl (C=O) groups is 2. The summed E-state index contributed by atoms with van der Waals surface area (Å²) in [4.78, 5) is 29.5. The fraction of sp³-hybridized carbons (Fsp3) is 0.200. The van der Waals surface area contributed by atoms with Crippen LogP contribution >= 0.6 is 23.4 Å². The maximum absolute atomic E-state index is 14.0. The number of hydrogen-bond donors (Lipinski definition) is 1. The molecule has 0 bridgehead atoms. The summed E-state index contributed by atoms with van der Waals surface area (Å²) in [5.41, 5.74) is 4.01. The van der Waals surface area contributed by atoms with Gasteiger partial charge in [-0.25, -0.2) is 9.18 Å². The molecule has 3 amide bonds. The van der Waals surface area contributed by atoms with Crippen molar-refractivity contribution in [2.24, 2.45) is 0 Å². The van der Waals surface area contributed by atoms with Crippen LogP contribution in [0.15, 0.2) is 66.7 Å². The van der Waals surface area contributed by atoms with Crippen molar-refractivity contribution in [3.63, 3.8) is 0 Å². The highest BCUT2D eigenvalue weighted by Crippen LogP contribution is 2.54. The average molecular weight is 482 g/mol. The first-order valence-corrected chi connectivity index (χ1v) is 11.9. The van der Waals surface area contributed by atoms with Crippen LogP contribution in [-0.2, 0) is 16.2 Å². The molecule has 3 aromatic carbocycles. The van der Waals surface area contributed by atoms with Gasteiger partial charge in [0.1, 0.15) is 5.82 Å². The molecule has 1 spiro atoms. The molecular weight excluding hydrogens is 461 g/mol. The Morgan fingerprint density at radius 3 is 2.58 bits per heavy atom. The van der Waals surface area contributed by atoms with Gasteiger partial charge in [-0.2, -0.15) is 0 Å². The van der Waals surface area contributed by atoms with Crippen LogP contribution in [0.4, 0.5) is 20.6 Å². The number of aryl methyl sites for hydroxylation is 1. The van der Waals surface area contributed by atoms with Crippen molar-refractivity contribution in [2.45, 2.75) is 18.3 Å². The number of hydrogen-bond acceptors (Lipinski definition) is 3. The highest BCUT2D eigenvalue weighted by atomic mass is 35.5. The molecule has 2 aliphatic rings. The number of fused-ring (bicyclic) bond motifs is 2. The second-order valence-electron chi connectivity index (χ2n) is 8.12. The first-order valence-electron chi connectivity index (χ1n) is 10.5. The van der Waals surface area contributed by atoms with E-state index in [9.17, 15) is 14.0 Å². The van der Waals surface area contributed by atoms with Crippen LogP contribution < -0.4 is 10.2 Å². The van der Waals surface area contributed by atoms with E-state index in [0.717, 1.165) is 22.4 Å². The number of nitrogens with zero attached hydrogens (tertiary/aromatic N) is 2. The van der Waals surface area contributed by atoms with E-state index < -0.39 is 4.87 Å². The van der Waals surface area contributed by atoms with Crippen molar-refractivity contribution < 1.29 is 14.0 Å². The van der Waals surface area contributed by atoms with Crippen molar-refractivity contribution in [3.05, 3.63) is 94.3 Å². The molecule has 3 aromatic rings. The number of urea groups is 1. The maximum Gasteiger partial charge on any atom is 0.323 e. The highest BCUT2D eigenvalue weighted by molar-refractivity contribution is 8.01. The Morgan fingerprint density at radius 1 is 1.12 bits per heavy atom. The van der Waals surface area contributed by atoms with E-state index in [1.807, 2.05) is 25.1 Å². The minimum absolute atomic E-state index is 0.166. The number of carbonyl (C=O) groups excluding carboxylic acids is 2. The molecule has 1 fully saturated rings. The summed E-state index contributed by atoms with van der Waals surface area (Å²) in [5.74, 6) is 0.147. The Morgan fingerprint density at radius 2 is 1.85 bits per heavy atom. The van der Waals surface area contributed by atoms with Crippen LogP contribution in [-0.4, -0.2) is 29.1 Å². The lowest BCUT2D eigenvalue weighted by Crippen LogP contribution is -2.51. The number of nitrogens with one attached hydrogen (secondary N) is 1. The third kappa shape index (κ3) is 3.75. The summed E-state index contributed by atoms with van der Waals surface area (Å²) in [6, 6.07) is 18.5. The Hall–Kier alpha value is -3.03. The Labute approximate surface area is 200 Å². The Balaban J connectivity index is 1.52. The largest absolute Gasteiger partial charge is 0.323 e. The predicted octanol–water partition coefficient (Wildman–Crippen LogP) is 5.77. The molecule has 5 rings (SSSR count). The zero-order chi connectivity index (χ0) is 23.2. The first kappa shape index (κ1) is 21.8. The molecule has 33 heavy (non-hydrogen) atoms.